The van der Waals surface area contributed by atoms with E-state index in [1.807, 2.05) is 0 Å². The SMILES string of the molecule is c1ccc2c(c1)-c1ccccc1C21c2ccccc2C2(c3ccccc3-c3cc4c(cc32)c2c3ccccc3ccc2n4-c2cccc3ccccc23)c2ccccc21. The second-order valence-corrected chi connectivity index (χ2v) is 16.7. The Morgan fingerprint density at radius 1 is 0.271 bits per heavy atom. The van der Waals surface area contributed by atoms with Crippen molar-refractivity contribution in [3.05, 3.63) is 257 Å². The van der Waals surface area contributed by atoms with Crippen LogP contribution in [-0.4, -0.2) is 4.57 Å². The third-order valence-corrected chi connectivity index (χ3v) is 14.2. The van der Waals surface area contributed by atoms with Crippen molar-refractivity contribution in [3.63, 3.8) is 0 Å². The van der Waals surface area contributed by atoms with E-state index in [2.05, 4.69) is 217 Å². The van der Waals surface area contributed by atoms with Gasteiger partial charge in [-0.3, -0.25) is 0 Å². The number of aromatic nitrogens is 1. The Hall–Kier alpha value is -7.48. The predicted octanol–water partition coefficient (Wildman–Crippen LogP) is 14.1. The van der Waals surface area contributed by atoms with Crippen LogP contribution < -0.4 is 0 Å². The first kappa shape index (κ1) is 31.6. The summed E-state index contributed by atoms with van der Waals surface area (Å²) in [5, 5.41) is 7.60. The summed E-state index contributed by atoms with van der Waals surface area (Å²) in [6.45, 7) is 0. The molecule has 0 aliphatic heterocycles. The van der Waals surface area contributed by atoms with Gasteiger partial charge in [-0.25, -0.2) is 0 Å². The van der Waals surface area contributed by atoms with E-state index < -0.39 is 10.8 Å². The van der Waals surface area contributed by atoms with Crippen LogP contribution in [0.2, 0.25) is 0 Å². The third kappa shape index (κ3) is 3.65. The summed E-state index contributed by atoms with van der Waals surface area (Å²) in [5.74, 6) is 0. The first-order chi connectivity index (χ1) is 29.3. The molecule has 272 valence electrons. The van der Waals surface area contributed by atoms with Crippen molar-refractivity contribution >= 4 is 43.4 Å². The summed E-state index contributed by atoms with van der Waals surface area (Å²) in [5.41, 5.74) is 18.8. The van der Waals surface area contributed by atoms with Gasteiger partial charge in [0.1, 0.15) is 0 Å². The molecule has 1 aromatic heterocycles. The van der Waals surface area contributed by atoms with Crippen molar-refractivity contribution in [1.29, 1.82) is 0 Å². The van der Waals surface area contributed by atoms with Crippen molar-refractivity contribution in [2.75, 3.05) is 0 Å². The van der Waals surface area contributed by atoms with Crippen molar-refractivity contribution < 1.29 is 0 Å². The van der Waals surface area contributed by atoms with Gasteiger partial charge >= 0.3 is 0 Å². The van der Waals surface area contributed by atoms with E-state index in [0.717, 1.165) is 0 Å². The first-order valence-corrected chi connectivity index (χ1v) is 20.8. The van der Waals surface area contributed by atoms with Crippen LogP contribution in [0.15, 0.2) is 212 Å². The van der Waals surface area contributed by atoms with E-state index in [-0.39, 0.29) is 0 Å². The Morgan fingerprint density at radius 2 is 0.712 bits per heavy atom. The van der Waals surface area contributed by atoms with Gasteiger partial charge in [0.2, 0.25) is 0 Å². The van der Waals surface area contributed by atoms with Gasteiger partial charge in [0, 0.05) is 16.2 Å². The number of hydrogen-bond donors (Lipinski definition) is 0. The number of benzene rings is 10. The zero-order chi connectivity index (χ0) is 38.5. The molecule has 10 aromatic carbocycles. The van der Waals surface area contributed by atoms with Crippen LogP contribution in [0.4, 0.5) is 0 Å². The van der Waals surface area contributed by atoms with Crippen molar-refractivity contribution in [2.45, 2.75) is 10.8 Å². The highest BCUT2D eigenvalue weighted by Gasteiger charge is 2.59. The number of hydrogen-bond acceptors (Lipinski definition) is 0. The van der Waals surface area contributed by atoms with Crippen LogP contribution in [0.1, 0.15) is 44.5 Å². The minimum absolute atomic E-state index is 0.464. The Bertz CT molecular complexity index is 3540. The van der Waals surface area contributed by atoms with Crippen LogP contribution in [0.25, 0.3) is 71.3 Å². The van der Waals surface area contributed by atoms with Crippen LogP contribution in [0.3, 0.4) is 0 Å². The molecule has 0 saturated heterocycles. The molecule has 0 saturated carbocycles. The van der Waals surface area contributed by atoms with Gasteiger partial charge in [-0.15, -0.1) is 0 Å². The van der Waals surface area contributed by atoms with Gasteiger partial charge in [-0.05, 0) is 107 Å². The lowest BCUT2D eigenvalue weighted by atomic mass is 9.52. The highest BCUT2D eigenvalue weighted by molar-refractivity contribution is 6.23. The fraction of sp³-hybridized carbons (Fsp3) is 0.0345. The molecule has 0 atom stereocenters. The van der Waals surface area contributed by atoms with Crippen molar-refractivity contribution in [2.24, 2.45) is 0 Å². The van der Waals surface area contributed by atoms with Gasteiger partial charge in [0.05, 0.1) is 27.6 Å². The molecule has 3 aliphatic rings. The molecule has 1 heterocycles. The quantitative estimate of drug-likeness (QED) is 0.158. The molecular formula is C58H35N. The molecular weight excluding hydrogens is 711 g/mol. The Morgan fingerprint density at radius 3 is 1.31 bits per heavy atom. The lowest BCUT2D eigenvalue weighted by molar-refractivity contribution is 0.633. The molecule has 3 aliphatic carbocycles. The van der Waals surface area contributed by atoms with Crippen LogP contribution in [-0.2, 0) is 10.8 Å². The lowest BCUT2D eigenvalue weighted by Crippen LogP contribution is -2.43. The molecule has 0 fully saturated rings. The van der Waals surface area contributed by atoms with Crippen molar-refractivity contribution in [1.82, 2.24) is 4.57 Å². The minimum atomic E-state index is -0.552. The molecule has 0 N–H and O–H groups in total. The first-order valence-electron chi connectivity index (χ1n) is 20.8. The maximum atomic E-state index is 2.60. The summed E-state index contributed by atoms with van der Waals surface area (Å²) in [7, 11) is 0. The van der Waals surface area contributed by atoms with Gasteiger partial charge in [0.25, 0.3) is 0 Å². The molecule has 1 nitrogen and oxygen atoms in total. The smallest absolute Gasteiger partial charge is 0.0720 e. The molecule has 2 spiro atoms. The Balaban J connectivity index is 1.18. The van der Waals surface area contributed by atoms with E-state index in [4.69, 9.17) is 0 Å². The van der Waals surface area contributed by atoms with Gasteiger partial charge in [-0.1, -0.05) is 188 Å². The number of nitrogens with zero attached hydrogens (tertiary/aromatic N) is 1. The van der Waals surface area contributed by atoms with E-state index >= 15 is 0 Å². The molecule has 14 rings (SSSR count). The largest absolute Gasteiger partial charge is 0.309 e. The van der Waals surface area contributed by atoms with E-state index in [9.17, 15) is 0 Å². The van der Waals surface area contributed by atoms with Crippen molar-refractivity contribution in [3.8, 4) is 27.9 Å². The lowest BCUT2D eigenvalue weighted by Gasteiger charge is -2.48. The Kier molecular flexibility index (Phi) is 5.96. The highest BCUT2D eigenvalue weighted by atomic mass is 15.0. The fourth-order valence-corrected chi connectivity index (χ4v) is 12.2. The highest BCUT2D eigenvalue weighted by Crippen LogP contribution is 2.67. The molecule has 0 amide bonds. The standard InChI is InChI=1S/C58H35N/c1-3-19-38-36(16-1)18-15-31-53(38)59-54-33-32-37-17-2-4-20-39(37)56(54)44-34-52-43(35-55(44)59)42-23-7-10-26-47(42)58(52)50-29-13-11-27-48(50)57(49-28-12-14-30-51(49)58)45-24-8-5-21-40(45)41-22-6-9-25-46(41)57/h1-35H. The number of rotatable bonds is 1. The summed E-state index contributed by atoms with van der Waals surface area (Å²) in [4.78, 5) is 0. The molecule has 0 bridgehead atoms. The van der Waals surface area contributed by atoms with E-state index in [1.54, 1.807) is 0 Å². The number of fused-ring (bicyclic) bond motifs is 22. The third-order valence-electron chi connectivity index (χ3n) is 14.2. The summed E-state index contributed by atoms with van der Waals surface area (Å²) in [6, 6.07) is 80.6. The maximum absolute atomic E-state index is 2.60. The van der Waals surface area contributed by atoms with Gasteiger partial charge in [-0.2, -0.15) is 0 Å². The molecule has 59 heavy (non-hydrogen) atoms. The summed E-state index contributed by atoms with van der Waals surface area (Å²) in [6.07, 6.45) is 0. The van der Waals surface area contributed by atoms with Crippen LogP contribution >= 0.6 is 0 Å². The zero-order valence-corrected chi connectivity index (χ0v) is 32.2. The molecule has 0 unspecified atom stereocenters. The average molecular weight is 746 g/mol. The van der Waals surface area contributed by atoms with Gasteiger partial charge in [0.15, 0.2) is 0 Å². The van der Waals surface area contributed by atoms with Crippen LogP contribution in [0, 0.1) is 0 Å². The topological polar surface area (TPSA) is 4.93 Å². The van der Waals surface area contributed by atoms with E-state index in [1.165, 1.54) is 116 Å². The Labute approximate surface area is 342 Å². The summed E-state index contributed by atoms with van der Waals surface area (Å²) < 4.78 is 2.54. The van der Waals surface area contributed by atoms with Gasteiger partial charge < -0.3 is 4.57 Å². The molecule has 0 radical (unpaired) electrons. The average Bonchev–Trinajstić information content (AvgIpc) is 3.90. The molecule has 1 heteroatoms. The monoisotopic (exact) mass is 745 g/mol. The van der Waals surface area contributed by atoms with Crippen LogP contribution in [0.5, 0.6) is 0 Å². The maximum Gasteiger partial charge on any atom is 0.0720 e. The minimum Gasteiger partial charge on any atom is -0.309 e. The summed E-state index contributed by atoms with van der Waals surface area (Å²) >= 11 is 0. The van der Waals surface area contributed by atoms with E-state index in [0.29, 0.717) is 0 Å². The normalized spacial score (nSPS) is 14.7. The predicted molar refractivity (Wildman–Crippen MR) is 244 cm³/mol. The second kappa shape index (κ2) is 11.1. The molecule has 11 aromatic rings. The zero-order valence-electron chi connectivity index (χ0n) is 32.2. The fourth-order valence-electron chi connectivity index (χ4n) is 12.2. The second-order valence-electron chi connectivity index (χ2n) is 16.7.